The van der Waals surface area contributed by atoms with Gasteiger partial charge in [0.2, 0.25) is 0 Å². The van der Waals surface area contributed by atoms with Crippen LogP contribution >= 0.6 is 11.3 Å². The Balaban J connectivity index is 2.00. The maximum absolute atomic E-state index is 11.2. The summed E-state index contributed by atoms with van der Waals surface area (Å²) in [7, 11) is 0. The van der Waals surface area contributed by atoms with Gasteiger partial charge >= 0.3 is 5.00 Å². The van der Waals surface area contributed by atoms with Gasteiger partial charge in [0, 0.05) is 19.0 Å². The minimum absolute atomic E-state index is 0.0636. The van der Waals surface area contributed by atoms with E-state index in [9.17, 15) is 14.9 Å². The van der Waals surface area contributed by atoms with Gasteiger partial charge in [-0.05, 0) is 31.1 Å². The van der Waals surface area contributed by atoms with Gasteiger partial charge in [0.25, 0.3) is 0 Å². The summed E-state index contributed by atoms with van der Waals surface area (Å²) in [5, 5.41) is 11.3. The number of hydrogen-bond donors (Lipinski definition) is 0. The van der Waals surface area contributed by atoms with E-state index in [4.69, 9.17) is 0 Å². The van der Waals surface area contributed by atoms with Gasteiger partial charge in [-0.2, -0.15) is 0 Å². The predicted molar refractivity (Wildman–Crippen MR) is 64.4 cm³/mol. The van der Waals surface area contributed by atoms with Crippen LogP contribution in [0, 0.1) is 16.0 Å². The number of anilines is 1. The molecule has 1 aromatic rings. The number of piperidine rings is 1. The highest BCUT2D eigenvalue weighted by Crippen LogP contribution is 2.31. The van der Waals surface area contributed by atoms with Gasteiger partial charge in [0.05, 0.1) is 4.92 Å². The van der Waals surface area contributed by atoms with Crippen molar-refractivity contribution in [2.45, 2.75) is 19.8 Å². The Morgan fingerprint density at radius 3 is 2.71 bits per heavy atom. The van der Waals surface area contributed by atoms with Gasteiger partial charge in [-0.3, -0.25) is 14.9 Å². The van der Waals surface area contributed by atoms with Crippen LogP contribution in [0.3, 0.4) is 0 Å². The molecule has 1 aliphatic heterocycles. The number of nitro groups is 1. The van der Waals surface area contributed by atoms with Crippen LogP contribution in [0.15, 0.2) is 6.20 Å². The van der Waals surface area contributed by atoms with E-state index in [1.54, 1.807) is 6.92 Å². The molecule has 0 spiro atoms. The second-order valence-electron chi connectivity index (χ2n) is 4.11. The molecule has 1 saturated heterocycles. The number of nitrogens with zero attached hydrogens (tertiary/aromatic N) is 3. The normalized spacial score (nSPS) is 17.1. The molecule has 0 atom stereocenters. The van der Waals surface area contributed by atoms with Crippen LogP contribution in [0.25, 0.3) is 0 Å². The number of aromatic nitrogens is 1. The smallest absolute Gasteiger partial charge is 0.345 e. The number of carbonyl (C=O) groups is 1. The van der Waals surface area contributed by atoms with Gasteiger partial charge < -0.3 is 4.90 Å². The van der Waals surface area contributed by atoms with Crippen molar-refractivity contribution in [2.24, 2.45) is 5.92 Å². The van der Waals surface area contributed by atoms with E-state index in [1.165, 1.54) is 6.20 Å². The minimum atomic E-state index is -0.427. The van der Waals surface area contributed by atoms with Crippen molar-refractivity contribution in [1.82, 2.24) is 4.98 Å². The fraction of sp³-hybridized carbons (Fsp3) is 0.600. The first kappa shape index (κ1) is 12.0. The highest BCUT2D eigenvalue weighted by atomic mass is 32.1. The van der Waals surface area contributed by atoms with Gasteiger partial charge in [-0.1, -0.05) is 0 Å². The van der Waals surface area contributed by atoms with Crippen molar-refractivity contribution in [1.29, 1.82) is 0 Å². The summed E-state index contributed by atoms with van der Waals surface area (Å²) in [6.45, 7) is 3.11. The van der Waals surface area contributed by atoms with E-state index in [2.05, 4.69) is 4.98 Å². The molecule has 1 aromatic heterocycles. The van der Waals surface area contributed by atoms with Gasteiger partial charge in [-0.15, -0.1) is 0 Å². The number of rotatable bonds is 3. The fourth-order valence-electron chi connectivity index (χ4n) is 1.96. The summed E-state index contributed by atoms with van der Waals surface area (Å²) in [6.07, 6.45) is 2.91. The third-order valence-corrected chi connectivity index (χ3v) is 4.01. The van der Waals surface area contributed by atoms with E-state index < -0.39 is 4.92 Å². The third kappa shape index (κ3) is 2.60. The maximum Gasteiger partial charge on any atom is 0.345 e. The first-order valence-corrected chi connectivity index (χ1v) is 6.25. The van der Waals surface area contributed by atoms with Gasteiger partial charge in [-0.25, -0.2) is 4.98 Å². The summed E-state index contributed by atoms with van der Waals surface area (Å²) in [6, 6.07) is 0. The van der Waals surface area contributed by atoms with E-state index in [-0.39, 0.29) is 16.7 Å². The van der Waals surface area contributed by atoms with E-state index in [0.29, 0.717) is 5.13 Å². The Kier molecular flexibility index (Phi) is 3.37. The molecule has 1 aliphatic rings. The number of hydrogen-bond acceptors (Lipinski definition) is 6. The summed E-state index contributed by atoms with van der Waals surface area (Å²) in [5.41, 5.74) is 0. The van der Waals surface area contributed by atoms with Crippen molar-refractivity contribution in [3.63, 3.8) is 0 Å². The van der Waals surface area contributed by atoms with Crippen molar-refractivity contribution in [2.75, 3.05) is 18.0 Å². The van der Waals surface area contributed by atoms with Crippen molar-refractivity contribution >= 4 is 27.3 Å². The Morgan fingerprint density at radius 1 is 1.59 bits per heavy atom. The Hall–Kier alpha value is -1.50. The molecule has 0 amide bonds. The number of carbonyl (C=O) groups excluding carboxylic acids is 1. The van der Waals surface area contributed by atoms with Crippen molar-refractivity contribution in [3.05, 3.63) is 16.3 Å². The lowest BCUT2D eigenvalue weighted by molar-refractivity contribution is -0.380. The molecule has 1 fully saturated rings. The molecule has 0 bridgehead atoms. The molecule has 0 aliphatic carbocycles. The molecule has 0 aromatic carbocycles. The van der Waals surface area contributed by atoms with Crippen LogP contribution < -0.4 is 4.90 Å². The van der Waals surface area contributed by atoms with Crippen LogP contribution in [-0.4, -0.2) is 28.8 Å². The number of Topliss-reactive ketones (excluding diaryl/α,β-unsaturated/α-hetero) is 1. The lowest BCUT2D eigenvalue weighted by Crippen LogP contribution is -2.35. The molecule has 0 radical (unpaired) electrons. The molecule has 0 saturated carbocycles. The zero-order valence-electron chi connectivity index (χ0n) is 9.46. The minimum Gasteiger partial charge on any atom is -0.348 e. The predicted octanol–water partition coefficient (Wildman–Crippen LogP) is 1.86. The summed E-state index contributed by atoms with van der Waals surface area (Å²) >= 11 is 1.09. The Labute approximate surface area is 102 Å². The Bertz CT molecular complexity index is 438. The average Bonchev–Trinajstić information content (AvgIpc) is 2.78. The molecule has 2 rings (SSSR count). The molecular weight excluding hydrogens is 242 g/mol. The summed E-state index contributed by atoms with van der Waals surface area (Å²) < 4.78 is 0. The van der Waals surface area contributed by atoms with Crippen molar-refractivity contribution < 1.29 is 9.72 Å². The topological polar surface area (TPSA) is 76.3 Å². The lowest BCUT2D eigenvalue weighted by Gasteiger charge is -2.30. The van der Waals surface area contributed by atoms with Crippen LogP contribution in [-0.2, 0) is 4.79 Å². The molecule has 0 N–H and O–H groups in total. The molecule has 92 valence electrons. The largest absolute Gasteiger partial charge is 0.348 e. The number of ketones is 1. The maximum atomic E-state index is 11.2. The lowest BCUT2D eigenvalue weighted by atomic mass is 9.94. The molecule has 0 unspecified atom stereocenters. The molecular formula is C10H13N3O3S. The van der Waals surface area contributed by atoms with Crippen LogP contribution in [0.4, 0.5) is 10.1 Å². The number of thiazole rings is 1. The van der Waals surface area contributed by atoms with E-state index in [1.807, 2.05) is 4.90 Å². The quantitative estimate of drug-likeness (QED) is 0.608. The second-order valence-corrected chi connectivity index (χ2v) is 5.10. The van der Waals surface area contributed by atoms with Gasteiger partial charge in [0.1, 0.15) is 12.0 Å². The fourth-order valence-corrected chi connectivity index (χ4v) is 2.75. The second kappa shape index (κ2) is 4.79. The monoisotopic (exact) mass is 255 g/mol. The van der Waals surface area contributed by atoms with Crippen molar-refractivity contribution in [3.8, 4) is 0 Å². The van der Waals surface area contributed by atoms with E-state index >= 15 is 0 Å². The molecule has 17 heavy (non-hydrogen) atoms. The van der Waals surface area contributed by atoms with Crippen LogP contribution in [0.2, 0.25) is 0 Å². The SMILES string of the molecule is CC(=O)C1CCN(c2ncc([N+](=O)[O-])s2)CC1. The summed E-state index contributed by atoms with van der Waals surface area (Å²) in [4.78, 5) is 27.4. The highest BCUT2D eigenvalue weighted by Gasteiger charge is 2.25. The summed E-state index contributed by atoms with van der Waals surface area (Å²) in [5.74, 6) is 0.371. The highest BCUT2D eigenvalue weighted by molar-refractivity contribution is 7.18. The average molecular weight is 255 g/mol. The first-order chi connectivity index (χ1) is 8.08. The standard InChI is InChI=1S/C10H13N3O3S/c1-7(14)8-2-4-12(5-3-8)10-11-6-9(17-10)13(15)16/h6,8H,2-5H2,1H3. The molecule has 6 nitrogen and oxygen atoms in total. The van der Waals surface area contributed by atoms with Crippen LogP contribution in [0.1, 0.15) is 19.8 Å². The van der Waals surface area contributed by atoms with Crippen LogP contribution in [0.5, 0.6) is 0 Å². The molecule has 7 heteroatoms. The van der Waals surface area contributed by atoms with Gasteiger partial charge in [0.15, 0.2) is 5.13 Å². The van der Waals surface area contributed by atoms with E-state index in [0.717, 1.165) is 37.3 Å². The zero-order valence-corrected chi connectivity index (χ0v) is 10.3. The first-order valence-electron chi connectivity index (χ1n) is 5.43. The third-order valence-electron chi connectivity index (χ3n) is 3.00. The Morgan fingerprint density at radius 2 is 2.24 bits per heavy atom. The zero-order chi connectivity index (χ0) is 12.4. The molecule has 2 heterocycles.